The summed E-state index contributed by atoms with van der Waals surface area (Å²) in [6, 6.07) is 7.30. The van der Waals surface area contributed by atoms with Gasteiger partial charge in [0.1, 0.15) is 22.4 Å². The number of halogens is 1. The third-order valence-corrected chi connectivity index (χ3v) is 6.64. The number of morpholine rings is 1. The fourth-order valence-corrected chi connectivity index (χ4v) is 4.81. The first kappa shape index (κ1) is 21.0. The molecule has 8 nitrogen and oxygen atoms in total. The number of hydrogen-bond donors (Lipinski definition) is 1. The third kappa shape index (κ3) is 3.76. The monoisotopic (exact) mass is 468 g/mol. The van der Waals surface area contributed by atoms with Gasteiger partial charge in [-0.2, -0.15) is 0 Å². The molecule has 1 amide bonds. The number of amides is 1. The zero-order valence-corrected chi connectivity index (χ0v) is 19.2. The predicted molar refractivity (Wildman–Crippen MR) is 125 cm³/mol. The van der Waals surface area contributed by atoms with Gasteiger partial charge in [0, 0.05) is 11.9 Å². The van der Waals surface area contributed by atoms with Gasteiger partial charge in [-0.1, -0.05) is 23.7 Å². The summed E-state index contributed by atoms with van der Waals surface area (Å²) in [7, 11) is 0. The summed E-state index contributed by atoms with van der Waals surface area (Å²) >= 11 is 7.98. The summed E-state index contributed by atoms with van der Waals surface area (Å²) in [5.41, 5.74) is 3.52. The standard InChI is InChI=1S/C22H21ClN6O2S/c1-12-9-31-7-6-29(12)22(30)18-17-14(4-3-5-15(17)23)8-16(28-18)13(2)27-20-19-21(25-10-24-20)32-11-26-19/h3-5,8,10-13H,6-7,9H2,1-2H3,(H,24,25,27)/t12-,13+/m1/s1. The first-order chi connectivity index (χ1) is 15.5. The van der Waals surface area contributed by atoms with Crippen molar-refractivity contribution in [3.8, 4) is 0 Å². The highest BCUT2D eigenvalue weighted by atomic mass is 35.5. The van der Waals surface area contributed by atoms with Gasteiger partial charge in [0.2, 0.25) is 0 Å². The lowest BCUT2D eigenvalue weighted by Crippen LogP contribution is -2.47. The summed E-state index contributed by atoms with van der Waals surface area (Å²) in [5.74, 6) is 0.489. The number of pyridine rings is 1. The number of benzene rings is 1. The first-order valence-electron chi connectivity index (χ1n) is 10.3. The third-order valence-electron chi connectivity index (χ3n) is 5.59. The second kappa shape index (κ2) is 8.57. The smallest absolute Gasteiger partial charge is 0.273 e. The average molecular weight is 469 g/mol. The van der Waals surface area contributed by atoms with E-state index in [1.54, 1.807) is 16.5 Å². The second-order valence-electron chi connectivity index (χ2n) is 7.75. The maximum Gasteiger partial charge on any atom is 0.273 e. The van der Waals surface area contributed by atoms with Crippen LogP contribution in [0.15, 0.2) is 36.1 Å². The molecule has 10 heteroatoms. The molecule has 1 fully saturated rings. The SMILES string of the molecule is C[C@H](Nc1ncnc2scnc12)c1cc2cccc(Cl)c2c(C(=O)N2CCOC[C@H]2C)n1. The van der Waals surface area contributed by atoms with Gasteiger partial charge in [0.25, 0.3) is 5.91 Å². The van der Waals surface area contributed by atoms with Gasteiger partial charge in [0.15, 0.2) is 5.82 Å². The van der Waals surface area contributed by atoms with Crippen molar-refractivity contribution in [2.75, 3.05) is 25.1 Å². The topological polar surface area (TPSA) is 93.1 Å². The summed E-state index contributed by atoms with van der Waals surface area (Å²) in [5, 5.41) is 5.41. The number of thiazole rings is 1. The lowest BCUT2D eigenvalue weighted by Gasteiger charge is -2.33. The molecule has 2 atom stereocenters. The molecule has 1 N–H and O–H groups in total. The second-order valence-corrected chi connectivity index (χ2v) is 8.99. The Morgan fingerprint density at radius 2 is 2.22 bits per heavy atom. The van der Waals surface area contributed by atoms with E-state index in [1.165, 1.54) is 17.7 Å². The predicted octanol–water partition coefficient (Wildman–Crippen LogP) is 4.32. The Hall–Kier alpha value is -2.88. The Kier molecular flexibility index (Phi) is 5.62. The molecule has 0 saturated carbocycles. The molecule has 1 aliphatic rings. The normalized spacial score (nSPS) is 17.6. The lowest BCUT2D eigenvalue weighted by atomic mass is 10.0. The van der Waals surface area contributed by atoms with Crippen LogP contribution in [0, 0.1) is 0 Å². The van der Waals surface area contributed by atoms with E-state index in [-0.39, 0.29) is 18.0 Å². The van der Waals surface area contributed by atoms with E-state index in [0.29, 0.717) is 52.9 Å². The molecule has 1 aromatic carbocycles. The Balaban J connectivity index is 1.56. The van der Waals surface area contributed by atoms with Crippen LogP contribution in [0.25, 0.3) is 21.1 Å². The Labute approximate surface area is 193 Å². The molecule has 164 valence electrons. The van der Waals surface area contributed by atoms with Gasteiger partial charge in [-0.3, -0.25) is 4.79 Å². The van der Waals surface area contributed by atoms with Gasteiger partial charge in [0.05, 0.1) is 41.5 Å². The number of aromatic nitrogens is 4. The number of nitrogens with zero attached hydrogens (tertiary/aromatic N) is 5. The first-order valence-corrected chi connectivity index (χ1v) is 11.6. The summed E-state index contributed by atoms with van der Waals surface area (Å²) in [4.78, 5) is 33.9. The fourth-order valence-electron chi connectivity index (χ4n) is 3.91. The molecule has 0 aliphatic carbocycles. The molecule has 1 saturated heterocycles. The van der Waals surface area contributed by atoms with Crippen LogP contribution in [0.5, 0.6) is 0 Å². The number of nitrogens with one attached hydrogen (secondary N) is 1. The Bertz CT molecular complexity index is 1310. The number of anilines is 1. The van der Waals surface area contributed by atoms with Crippen LogP contribution >= 0.6 is 22.9 Å². The minimum absolute atomic E-state index is 0.0336. The molecule has 5 rings (SSSR count). The minimum Gasteiger partial charge on any atom is -0.377 e. The van der Waals surface area contributed by atoms with Crippen LogP contribution < -0.4 is 5.32 Å². The number of hydrogen-bond acceptors (Lipinski definition) is 8. The molecule has 3 aromatic heterocycles. The van der Waals surface area contributed by atoms with Crippen LogP contribution in [-0.2, 0) is 4.74 Å². The van der Waals surface area contributed by atoms with Crippen LogP contribution in [-0.4, -0.2) is 56.5 Å². The fraction of sp³-hybridized carbons (Fsp3) is 0.318. The summed E-state index contributed by atoms with van der Waals surface area (Å²) in [6.07, 6.45) is 1.51. The van der Waals surface area contributed by atoms with E-state index in [2.05, 4.69) is 20.3 Å². The number of rotatable bonds is 4. The van der Waals surface area contributed by atoms with Gasteiger partial charge in [-0.05, 0) is 31.4 Å². The maximum atomic E-state index is 13.5. The van der Waals surface area contributed by atoms with Gasteiger partial charge in [-0.25, -0.2) is 19.9 Å². The van der Waals surface area contributed by atoms with E-state index >= 15 is 0 Å². The summed E-state index contributed by atoms with van der Waals surface area (Å²) in [6.45, 7) is 5.49. The Morgan fingerprint density at radius 1 is 1.34 bits per heavy atom. The highest BCUT2D eigenvalue weighted by molar-refractivity contribution is 7.16. The van der Waals surface area contributed by atoms with Gasteiger partial charge >= 0.3 is 0 Å². The zero-order valence-electron chi connectivity index (χ0n) is 17.6. The van der Waals surface area contributed by atoms with Crippen LogP contribution in [0.4, 0.5) is 5.82 Å². The molecular formula is C22H21ClN6O2S. The molecule has 1 aliphatic heterocycles. The number of carbonyl (C=O) groups excluding carboxylic acids is 1. The number of fused-ring (bicyclic) bond motifs is 2. The van der Waals surface area contributed by atoms with Crippen LogP contribution in [0.2, 0.25) is 5.02 Å². The molecule has 0 unspecified atom stereocenters. The van der Waals surface area contributed by atoms with E-state index < -0.39 is 0 Å². The van der Waals surface area contributed by atoms with Crippen molar-refractivity contribution in [1.29, 1.82) is 0 Å². The van der Waals surface area contributed by atoms with E-state index in [4.69, 9.17) is 21.3 Å². The van der Waals surface area contributed by atoms with Crippen molar-refractivity contribution in [2.45, 2.75) is 25.9 Å². The molecule has 0 bridgehead atoms. The molecule has 4 heterocycles. The number of carbonyl (C=O) groups is 1. The molecule has 0 spiro atoms. The highest BCUT2D eigenvalue weighted by Crippen LogP contribution is 2.31. The minimum atomic E-state index is -0.230. The van der Waals surface area contributed by atoms with Crippen molar-refractivity contribution in [2.24, 2.45) is 0 Å². The quantitative estimate of drug-likeness (QED) is 0.476. The molecular weight excluding hydrogens is 448 g/mol. The van der Waals surface area contributed by atoms with Crippen molar-refractivity contribution < 1.29 is 9.53 Å². The highest BCUT2D eigenvalue weighted by Gasteiger charge is 2.28. The molecule has 0 radical (unpaired) electrons. The van der Waals surface area contributed by atoms with Crippen molar-refractivity contribution >= 4 is 55.8 Å². The maximum absolute atomic E-state index is 13.5. The largest absolute Gasteiger partial charge is 0.377 e. The van der Waals surface area contributed by atoms with Gasteiger partial charge in [-0.15, -0.1) is 11.3 Å². The number of ether oxygens (including phenoxy) is 1. The van der Waals surface area contributed by atoms with E-state index in [0.717, 1.165) is 10.2 Å². The van der Waals surface area contributed by atoms with Gasteiger partial charge < -0.3 is 15.0 Å². The van der Waals surface area contributed by atoms with Crippen LogP contribution in [0.3, 0.4) is 0 Å². The average Bonchev–Trinajstić information content (AvgIpc) is 3.28. The van der Waals surface area contributed by atoms with E-state index in [1.807, 2.05) is 32.0 Å². The molecule has 4 aromatic rings. The van der Waals surface area contributed by atoms with E-state index in [9.17, 15) is 4.79 Å². The zero-order chi connectivity index (χ0) is 22.2. The lowest BCUT2D eigenvalue weighted by molar-refractivity contribution is 0.00338. The molecule has 32 heavy (non-hydrogen) atoms. The van der Waals surface area contributed by atoms with Crippen molar-refractivity contribution in [3.63, 3.8) is 0 Å². The summed E-state index contributed by atoms with van der Waals surface area (Å²) < 4.78 is 5.50. The Morgan fingerprint density at radius 3 is 3.06 bits per heavy atom. The van der Waals surface area contributed by atoms with Crippen molar-refractivity contribution in [3.05, 3.63) is 52.5 Å². The van der Waals surface area contributed by atoms with Crippen LogP contribution in [0.1, 0.15) is 36.1 Å². The van der Waals surface area contributed by atoms with Crippen molar-refractivity contribution in [1.82, 2.24) is 24.8 Å².